The van der Waals surface area contributed by atoms with E-state index in [1.165, 1.54) is 5.56 Å². The van der Waals surface area contributed by atoms with Crippen LogP contribution in [-0.2, 0) is 0 Å². The highest BCUT2D eigenvalue weighted by molar-refractivity contribution is 5.81. The lowest BCUT2D eigenvalue weighted by Crippen LogP contribution is -2.26. The SMILES string of the molecule is Cc1cccc2nc(N)n(N(C)C)c12. The zero-order chi connectivity index (χ0) is 10.3. The third-order valence-electron chi connectivity index (χ3n) is 2.28. The molecule has 0 bridgehead atoms. The topological polar surface area (TPSA) is 47.1 Å². The molecule has 0 radical (unpaired) electrons. The van der Waals surface area contributed by atoms with Crippen molar-refractivity contribution in [3.63, 3.8) is 0 Å². The van der Waals surface area contributed by atoms with Crippen molar-refractivity contribution in [2.24, 2.45) is 0 Å². The van der Waals surface area contributed by atoms with Crippen LogP contribution >= 0.6 is 0 Å². The second kappa shape index (κ2) is 2.90. The van der Waals surface area contributed by atoms with Crippen molar-refractivity contribution in [1.82, 2.24) is 9.66 Å². The van der Waals surface area contributed by atoms with E-state index in [0.717, 1.165) is 11.0 Å². The molecule has 1 aromatic carbocycles. The number of nitrogen functional groups attached to an aromatic ring is 1. The van der Waals surface area contributed by atoms with Crippen molar-refractivity contribution in [2.75, 3.05) is 24.8 Å². The molecule has 0 atom stereocenters. The third kappa shape index (κ3) is 1.11. The fraction of sp³-hybridized carbons (Fsp3) is 0.300. The summed E-state index contributed by atoms with van der Waals surface area (Å²) < 4.78 is 1.91. The number of hydrogen-bond acceptors (Lipinski definition) is 3. The fourth-order valence-corrected chi connectivity index (χ4v) is 1.70. The van der Waals surface area contributed by atoms with Gasteiger partial charge >= 0.3 is 0 Å². The van der Waals surface area contributed by atoms with Gasteiger partial charge in [-0.15, -0.1) is 0 Å². The molecule has 1 aromatic heterocycles. The van der Waals surface area contributed by atoms with Crippen LogP contribution in [0.5, 0.6) is 0 Å². The second-order valence-corrected chi connectivity index (χ2v) is 3.57. The van der Waals surface area contributed by atoms with Gasteiger partial charge in [0.25, 0.3) is 0 Å². The summed E-state index contributed by atoms with van der Waals surface area (Å²) in [6.07, 6.45) is 0. The van der Waals surface area contributed by atoms with E-state index in [9.17, 15) is 0 Å². The lowest BCUT2D eigenvalue weighted by Gasteiger charge is -2.16. The van der Waals surface area contributed by atoms with Gasteiger partial charge in [0, 0.05) is 14.1 Å². The molecule has 0 unspecified atom stereocenters. The van der Waals surface area contributed by atoms with E-state index >= 15 is 0 Å². The Bertz CT molecular complexity index is 470. The highest BCUT2D eigenvalue weighted by atomic mass is 15.6. The molecule has 74 valence electrons. The molecule has 14 heavy (non-hydrogen) atoms. The molecule has 2 aromatic rings. The van der Waals surface area contributed by atoms with Crippen molar-refractivity contribution < 1.29 is 0 Å². The van der Waals surface area contributed by atoms with Crippen LogP contribution in [0.15, 0.2) is 18.2 Å². The number of nitrogens with two attached hydrogens (primary N) is 1. The number of aromatic nitrogens is 2. The van der Waals surface area contributed by atoms with Gasteiger partial charge in [0.2, 0.25) is 5.95 Å². The number of hydrogen-bond donors (Lipinski definition) is 1. The van der Waals surface area contributed by atoms with E-state index < -0.39 is 0 Å². The Hall–Kier alpha value is -1.71. The largest absolute Gasteiger partial charge is 0.368 e. The molecule has 1 heterocycles. The highest BCUT2D eigenvalue weighted by Crippen LogP contribution is 2.20. The first-order chi connectivity index (χ1) is 6.61. The van der Waals surface area contributed by atoms with E-state index in [0.29, 0.717) is 5.95 Å². The predicted molar refractivity (Wildman–Crippen MR) is 58.9 cm³/mol. The zero-order valence-corrected chi connectivity index (χ0v) is 8.65. The van der Waals surface area contributed by atoms with E-state index in [4.69, 9.17) is 5.73 Å². The van der Waals surface area contributed by atoms with Crippen LogP contribution in [0.3, 0.4) is 0 Å². The molecule has 4 nitrogen and oxygen atoms in total. The van der Waals surface area contributed by atoms with Gasteiger partial charge in [0.15, 0.2) is 0 Å². The molecule has 0 saturated heterocycles. The maximum Gasteiger partial charge on any atom is 0.220 e. The van der Waals surface area contributed by atoms with Gasteiger partial charge in [-0.1, -0.05) is 12.1 Å². The van der Waals surface area contributed by atoms with Gasteiger partial charge in [-0.05, 0) is 18.6 Å². The Morgan fingerprint density at radius 3 is 2.71 bits per heavy atom. The average Bonchev–Trinajstić information content (AvgIpc) is 2.42. The lowest BCUT2D eigenvalue weighted by molar-refractivity contribution is 0.763. The summed E-state index contributed by atoms with van der Waals surface area (Å²) in [6, 6.07) is 6.02. The van der Waals surface area contributed by atoms with Crippen molar-refractivity contribution in [1.29, 1.82) is 0 Å². The van der Waals surface area contributed by atoms with Crippen LogP contribution in [0.1, 0.15) is 5.56 Å². The average molecular weight is 190 g/mol. The number of aryl methyl sites for hydroxylation is 1. The van der Waals surface area contributed by atoms with Gasteiger partial charge in [-0.25, -0.2) is 9.66 Å². The van der Waals surface area contributed by atoms with Gasteiger partial charge < -0.3 is 10.7 Å². The van der Waals surface area contributed by atoms with E-state index in [-0.39, 0.29) is 0 Å². The minimum absolute atomic E-state index is 0.527. The Morgan fingerprint density at radius 2 is 2.07 bits per heavy atom. The molecule has 0 aliphatic carbocycles. The summed E-state index contributed by atoms with van der Waals surface area (Å²) in [6.45, 7) is 2.06. The Balaban J connectivity index is 2.86. The Labute approximate surface area is 82.9 Å². The first-order valence-corrected chi connectivity index (χ1v) is 4.52. The van der Waals surface area contributed by atoms with Crippen LogP contribution in [0.2, 0.25) is 0 Å². The van der Waals surface area contributed by atoms with Crippen molar-refractivity contribution in [3.8, 4) is 0 Å². The summed E-state index contributed by atoms with van der Waals surface area (Å²) in [5.41, 5.74) is 9.03. The van der Waals surface area contributed by atoms with E-state index in [2.05, 4.69) is 18.0 Å². The first kappa shape index (κ1) is 8.87. The summed E-state index contributed by atoms with van der Waals surface area (Å²) in [5, 5.41) is 1.93. The molecular weight excluding hydrogens is 176 g/mol. The maximum absolute atomic E-state index is 5.83. The predicted octanol–water partition coefficient (Wildman–Crippen LogP) is 1.12. The minimum Gasteiger partial charge on any atom is -0.368 e. The summed E-state index contributed by atoms with van der Waals surface area (Å²) in [7, 11) is 3.90. The fourth-order valence-electron chi connectivity index (χ4n) is 1.70. The third-order valence-corrected chi connectivity index (χ3v) is 2.28. The summed E-state index contributed by atoms with van der Waals surface area (Å²) in [4.78, 5) is 4.29. The van der Waals surface area contributed by atoms with Gasteiger partial charge in [0.05, 0.1) is 11.0 Å². The van der Waals surface area contributed by atoms with Crippen molar-refractivity contribution >= 4 is 17.0 Å². The number of para-hydroxylation sites is 1. The number of anilines is 1. The molecule has 0 aliphatic heterocycles. The first-order valence-electron chi connectivity index (χ1n) is 4.52. The van der Waals surface area contributed by atoms with E-state index in [1.807, 2.05) is 35.9 Å². The molecule has 0 aliphatic rings. The summed E-state index contributed by atoms with van der Waals surface area (Å²) in [5.74, 6) is 0.527. The highest BCUT2D eigenvalue weighted by Gasteiger charge is 2.10. The molecule has 0 amide bonds. The number of fused-ring (bicyclic) bond motifs is 1. The van der Waals surface area contributed by atoms with Gasteiger partial charge in [-0.3, -0.25) is 0 Å². The number of imidazole rings is 1. The van der Waals surface area contributed by atoms with Crippen LogP contribution in [-0.4, -0.2) is 23.8 Å². The van der Waals surface area contributed by atoms with E-state index in [1.54, 1.807) is 0 Å². The minimum atomic E-state index is 0.527. The van der Waals surface area contributed by atoms with Crippen LogP contribution in [0.25, 0.3) is 11.0 Å². The van der Waals surface area contributed by atoms with Crippen molar-refractivity contribution in [2.45, 2.75) is 6.92 Å². The Kier molecular flexibility index (Phi) is 1.84. The monoisotopic (exact) mass is 190 g/mol. The molecule has 2 N–H and O–H groups in total. The molecule has 0 spiro atoms. The standard InChI is InChI=1S/C10H14N4/c1-7-5-4-6-8-9(7)14(13(2)3)10(11)12-8/h4-6H,1-3H3,(H2,11,12). The molecule has 2 rings (SSSR count). The number of rotatable bonds is 1. The number of benzene rings is 1. The second-order valence-electron chi connectivity index (χ2n) is 3.57. The summed E-state index contributed by atoms with van der Waals surface area (Å²) >= 11 is 0. The van der Waals surface area contributed by atoms with Crippen LogP contribution < -0.4 is 10.7 Å². The molecule has 0 saturated carbocycles. The van der Waals surface area contributed by atoms with Crippen LogP contribution in [0, 0.1) is 6.92 Å². The van der Waals surface area contributed by atoms with Crippen LogP contribution in [0.4, 0.5) is 5.95 Å². The molecule has 4 heteroatoms. The molecular formula is C10H14N4. The quantitative estimate of drug-likeness (QED) is 0.733. The van der Waals surface area contributed by atoms with Crippen molar-refractivity contribution in [3.05, 3.63) is 23.8 Å². The Morgan fingerprint density at radius 1 is 1.36 bits per heavy atom. The zero-order valence-electron chi connectivity index (χ0n) is 8.65. The number of nitrogens with zero attached hydrogens (tertiary/aromatic N) is 3. The normalized spacial score (nSPS) is 10.8. The smallest absolute Gasteiger partial charge is 0.220 e. The molecule has 0 fully saturated rings. The maximum atomic E-state index is 5.83. The van der Waals surface area contributed by atoms with Gasteiger partial charge in [0.1, 0.15) is 0 Å². The lowest BCUT2D eigenvalue weighted by atomic mass is 10.2. The van der Waals surface area contributed by atoms with Gasteiger partial charge in [-0.2, -0.15) is 0 Å².